The lowest BCUT2D eigenvalue weighted by Crippen LogP contribution is -2.07. The van der Waals surface area contributed by atoms with E-state index in [1.807, 2.05) is 12.1 Å². The molecule has 1 heterocycles. The molecule has 0 radical (unpaired) electrons. The fraction of sp³-hybridized carbons (Fsp3) is 0.556. The fourth-order valence-electron chi connectivity index (χ4n) is 1.05. The maximum atomic E-state index is 8.88. The van der Waals surface area contributed by atoms with Crippen molar-refractivity contribution in [1.82, 2.24) is 0 Å². The van der Waals surface area contributed by atoms with Crippen LogP contribution in [-0.4, -0.2) is 11.7 Å². The molecule has 1 aromatic heterocycles. The van der Waals surface area contributed by atoms with E-state index in [2.05, 4.69) is 6.92 Å². The molecule has 0 aliphatic heterocycles. The molecule has 62 valence electrons. The van der Waals surface area contributed by atoms with Gasteiger partial charge in [-0.1, -0.05) is 13.3 Å². The first-order chi connectivity index (χ1) is 5.36. The Morgan fingerprint density at radius 3 is 2.91 bits per heavy atom. The smallest absolute Gasteiger partial charge is 0.104 e. The highest BCUT2D eigenvalue weighted by Crippen LogP contribution is 2.11. The maximum absolute atomic E-state index is 8.88. The highest BCUT2D eigenvalue weighted by atomic mass is 16.3. The lowest BCUT2D eigenvalue weighted by molar-refractivity contribution is 0.216. The SMILES string of the molecule is CC[C@@H](CO)Cc1ccco1. The predicted molar refractivity (Wildman–Crippen MR) is 43.3 cm³/mol. The van der Waals surface area contributed by atoms with Gasteiger partial charge in [0.05, 0.1) is 6.26 Å². The minimum atomic E-state index is 0.247. The first kappa shape index (κ1) is 8.34. The molecule has 0 aliphatic rings. The number of aliphatic hydroxyl groups is 1. The zero-order valence-electron chi connectivity index (χ0n) is 6.79. The van der Waals surface area contributed by atoms with Crippen molar-refractivity contribution in [3.05, 3.63) is 24.2 Å². The summed E-state index contributed by atoms with van der Waals surface area (Å²) in [5.74, 6) is 1.31. The highest BCUT2D eigenvalue weighted by Gasteiger charge is 2.06. The van der Waals surface area contributed by atoms with Gasteiger partial charge in [-0.05, 0) is 18.1 Å². The molecule has 0 fully saturated rings. The standard InChI is InChI=1S/C9H14O2/c1-2-8(7-10)6-9-4-3-5-11-9/h3-5,8,10H,2,6-7H2,1H3/t8-/m1/s1. The van der Waals surface area contributed by atoms with Crippen molar-refractivity contribution >= 4 is 0 Å². The van der Waals surface area contributed by atoms with Crippen LogP contribution in [0.5, 0.6) is 0 Å². The lowest BCUT2D eigenvalue weighted by Gasteiger charge is -2.07. The minimum Gasteiger partial charge on any atom is -0.469 e. The van der Waals surface area contributed by atoms with Gasteiger partial charge in [-0.2, -0.15) is 0 Å². The summed E-state index contributed by atoms with van der Waals surface area (Å²) in [5.41, 5.74) is 0. The molecule has 1 N–H and O–H groups in total. The van der Waals surface area contributed by atoms with Crippen molar-refractivity contribution in [3.63, 3.8) is 0 Å². The molecule has 0 unspecified atom stereocenters. The van der Waals surface area contributed by atoms with Crippen LogP contribution < -0.4 is 0 Å². The van der Waals surface area contributed by atoms with Gasteiger partial charge >= 0.3 is 0 Å². The third-order valence-electron chi connectivity index (χ3n) is 1.91. The van der Waals surface area contributed by atoms with Gasteiger partial charge in [0, 0.05) is 13.0 Å². The van der Waals surface area contributed by atoms with Crippen LogP contribution >= 0.6 is 0 Å². The third-order valence-corrected chi connectivity index (χ3v) is 1.91. The van der Waals surface area contributed by atoms with Crippen LogP contribution in [0.1, 0.15) is 19.1 Å². The molecule has 1 rings (SSSR count). The van der Waals surface area contributed by atoms with E-state index in [4.69, 9.17) is 9.52 Å². The second-order valence-electron chi connectivity index (χ2n) is 2.74. The van der Waals surface area contributed by atoms with E-state index in [9.17, 15) is 0 Å². The molecule has 11 heavy (non-hydrogen) atoms. The van der Waals surface area contributed by atoms with E-state index in [0.29, 0.717) is 5.92 Å². The Morgan fingerprint density at radius 1 is 1.64 bits per heavy atom. The molecule has 1 atom stereocenters. The van der Waals surface area contributed by atoms with Gasteiger partial charge in [0.25, 0.3) is 0 Å². The maximum Gasteiger partial charge on any atom is 0.104 e. The van der Waals surface area contributed by atoms with E-state index in [1.165, 1.54) is 0 Å². The molecule has 2 heteroatoms. The summed E-state index contributed by atoms with van der Waals surface area (Å²) >= 11 is 0. The van der Waals surface area contributed by atoms with E-state index in [0.717, 1.165) is 18.6 Å². The van der Waals surface area contributed by atoms with Crippen LogP contribution in [0.25, 0.3) is 0 Å². The Bertz CT molecular complexity index is 175. The van der Waals surface area contributed by atoms with Crippen molar-refractivity contribution in [2.75, 3.05) is 6.61 Å². The van der Waals surface area contributed by atoms with E-state index >= 15 is 0 Å². The number of aliphatic hydroxyl groups excluding tert-OH is 1. The van der Waals surface area contributed by atoms with Crippen LogP contribution in [0.4, 0.5) is 0 Å². The zero-order valence-corrected chi connectivity index (χ0v) is 6.79. The van der Waals surface area contributed by atoms with Gasteiger partial charge in [0.2, 0.25) is 0 Å². The van der Waals surface area contributed by atoms with Gasteiger partial charge in [-0.15, -0.1) is 0 Å². The van der Waals surface area contributed by atoms with E-state index in [1.54, 1.807) is 6.26 Å². The Labute approximate surface area is 66.8 Å². The second kappa shape index (κ2) is 4.19. The Morgan fingerprint density at radius 2 is 2.45 bits per heavy atom. The monoisotopic (exact) mass is 154 g/mol. The van der Waals surface area contributed by atoms with Gasteiger partial charge in [-0.3, -0.25) is 0 Å². The number of hydrogen-bond acceptors (Lipinski definition) is 2. The van der Waals surface area contributed by atoms with Crippen LogP contribution in [0.3, 0.4) is 0 Å². The summed E-state index contributed by atoms with van der Waals surface area (Å²) in [4.78, 5) is 0. The summed E-state index contributed by atoms with van der Waals surface area (Å²) in [6.45, 7) is 2.32. The van der Waals surface area contributed by atoms with E-state index < -0.39 is 0 Å². The topological polar surface area (TPSA) is 33.4 Å². The second-order valence-corrected chi connectivity index (χ2v) is 2.74. The molecule has 0 amide bonds. The Balaban J connectivity index is 2.41. The molecule has 1 aromatic rings. The molecule has 0 aromatic carbocycles. The lowest BCUT2D eigenvalue weighted by atomic mass is 10.0. The predicted octanol–water partition coefficient (Wildman–Crippen LogP) is 1.84. The number of hydrogen-bond donors (Lipinski definition) is 1. The molecule has 0 spiro atoms. The van der Waals surface area contributed by atoms with Crippen molar-refractivity contribution in [3.8, 4) is 0 Å². The summed E-state index contributed by atoms with van der Waals surface area (Å²) < 4.78 is 5.16. The average molecular weight is 154 g/mol. The van der Waals surface area contributed by atoms with Crippen LogP contribution in [-0.2, 0) is 6.42 Å². The van der Waals surface area contributed by atoms with Crippen molar-refractivity contribution in [1.29, 1.82) is 0 Å². The van der Waals surface area contributed by atoms with E-state index in [-0.39, 0.29) is 6.61 Å². The Hall–Kier alpha value is -0.760. The summed E-state index contributed by atoms with van der Waals surface area (Å²) in [5, 5.41) is 8.88. The molecular weight excluding hydrogens is 140 g/mol. The molecule has 0 aliphatic carbocycles. The summed E-state index contributed by atoms with van der Waals surface area (Å²) in [6.07, 6.45) is 3.51. The van der Waals surface area contributed by atoms with Crippen LogP contribution in [0.2, 0.25) is 0 Å². The van der Waals surface area contributed by atoms with Gasteiger partial charge < -0.3 is 9.52 Å². The molecule has 0 bridgehead atoms. The first-order valence-corrected chi connectivity index (χ1v) is 4.00. The molecule has 0 saturated carbocycles. The van der Waals surface area contributed by atoms with Crippen molar-refractivity contribution < 1.29 is 9.52 Å². The third kappa shape index (κ3) is 2.39. The minimum absolute atomic E-state index is 0.247. The fourth-order valence-corrected chi connectivity index (χ4v) is 1.05. The number of furan rings is 1. The quantitative estimate of drug-likeness (QED) is 0.717. The summed E-state index contributed by atoms with van der Waals surface area (Å²) in [7, 11) is 0. The van der Waals surface area contributed by atoms with Gasteiger partial charge in [0.15, 0.2) is 0 Å². The van der Waals surface area contributed by atoms with Crippen molar-refractivity contribution in [2.45, 2.75) is 19.8 Å². The largest absolute Gasteiger partial charge is 0.469 e. The number of rotatable bonds is 4. The Kier molecular flexibility index (Phi) is 3.17. The molecule has 2 nitrogen and oxygen atoms in total. The normalized spacial score (nSPS) is 13.3. The zero-order chi connectivity index (χ0) is 8.10. The van der Waals surface area contributed by atoms with Gasteiger partial charge in [-0.25, -0.2) is 0 Å². The first-order valence-electron chi connectivity index (χ1n) is 4.00. The molecule has 0 saturated heterocycles. The molecular formula is C9H14O2. The average Bonchev–Trinajstić information content (AvgIpc) is 2.52. The van der Waals surface area contributed by atoms with Gasteiger partial charge in [0.1, 0.15) is 5.76 Å². The van der Waals surface area contributed by atoms with Crippen LogP contribution in [0, 0.1) is 5.92 Å². The van der Waals surface area contributed by atoms with Crippen molar-refractivity contribution in [2.24, 2.45) is 5.92 Å². The highest BCUT2D eigenvalue weighted by molar-refractivity contribution is 4.99. The van der Waals surface area contributed by atoms with Crippen LogP contribution in [0.15, 0.2) is 22.8 Å². The summed E-state index contributed by atoms with van der Waals surface area (Å²) in [6, 6.07) is 3.82.